The minimum Gasteiger partial charge on any atom is -0.497 e. The van der Waals surface area contributed by atoms with Gasteiger partial charge in [-0.05, 0) is 154 Å². The number of rotatable bonds is 13. The minimum absolute atomic E-state index is 0.273. The van der Waals surface area contributed by atoms with Crippen molar-refractivity contribution in [2.45, 2.75) is 20.0 Å². The van der Waals surface area contributed by atoms with Crippen LogP contribution in [0.15, 0.2) is 164 Å². The lowest BCUT2D eigenvalue weighted by Gasteiger charge is -2.10. The van der Waals surface area contributed by atoms with E-state index < -0.39 is 11.7 Å². The van der Waals surface area contributed by atoms with Gasteiger partial charge < -0.3 is 23.7 Å². The van der Waals surface area contributed by atoms with Gasteiger partial charge in [0.15, 0.2) is 25.1 Å². The summed E-state index contributed by atoms with van der Waals surface area (Å²) < 4.78 is 76.6. The van der Waals surface area contributed by atoms with Crippen LogP contribution in [0.3, 0.4) is 0 Å². The Bertz CT molecular complexity index is 3170. The zero-order valence-electron chi connectivity index (χ0n) is 41.1. The third-order valence-corrected chi connectivity index (χ3v) is 11.4. The SMILES string of the molecule is COc1cc(-c2ccc(C)c(C)c2)ccc1C=O.COc1cc(-c2ccc(F)cc2)ccc1C=O.COc1cc(-c2cccc(C(F)(F)F)c2)ccc1C=O.COc1cccc(-c2ccc(C=O)c(OC)c2)c1. The van der Waals surface area contributed by atoms with E-state index in [1.54, 1.807) is 82.0 Å². The summed E-state index contributed by atoms with van der Waals surface area (Å²) in [6.07, 6.45) is -1.41. The Morgan fingerprint density at radius 2 is 0.699 bits per heavy atom. The Morgan fingerprint density at radius 3 is 1.07 bits per heavy atom. The van der Waals surface area contributed by atoms with Crippen molar-refractivity contribution in [3.8, 4) is 73.3 Å². The number of alkyl halides is 3. The molecule has 0 amide bonds. The van der Waals surface area contributed by atoms with Crippen LogP contribution in [0.5, 0.6) is 28.7 Å². The number of hydrogen-bond donors (Lipinski definition) is 0. The van der Waals surface area contributed by atoms with Gasteiger partial charge >= 0.3 is 6.18 Å². The van der Waals surface area contributed by atoms with Gasteiger partial charge in [-0.1, -0.05) is 78.9 Å². The highest BCUT2D eigenvalue weighted by molar-refractivity contribution is 5.84. The summed E-state index contributed by atoms with van der Waals surface area (Å²) in [4.78, 5) is 43.2. The first kappa shape index (κ1) is 55.1. The van der Waals surface area contributed by atoms with Gasteiger partial charge in [-0.25, -0.2) is 4.39 Å². The van der Waals surface area contributed by atoms with Crippen molar-refractivity contribution in [3.05, 3.63) is 209 Å². The van der Waals surface area contributed by atoms with Crippen molar-refractivity contribution in [3.63, 3.8) is 0 Å². The van der Waals surface area contributed by atoms with Crippen LogP contribution in [0.25, 0.3) is 44.5 Å². The molecular formula is C60H52F4O9. The van der Waals surface area contributed by atoms with E-state index in [1.165, 1.54) is 49.6 Å². The van der Waals surface area contributed by atoms with Crippen LogP contribution in [0.2, 0.25) is 0 Å². The molecule has 0 bridgehead atoms. The Morgan fingerprint density at radius 1 is 0.356 bits per heavy atom. The largest absolute Gasteiger partial charge is 0.497 e. The van der Waals surface area contributed by atoms with Gasteiger partial charge in [0.2, 0.25) is 0 Å². The second kappa shape index (κ2) is 26.4. The number of carbonyl (C=O) groups excluding carboxylic acids is 4. The minimum atomic E-state index is -4.39. The smallest absolute Gasteiger partial charge is 0.416 e. The molecule has 9 nitrogen and oxygen atoms in total. The number of halogens is 4. The Hall–Kier alpha value is -8.84. The highest BCUT2D eigenvalue weighted by Gasteiger charge is 2.30. The number of carbonyl (C=O) groups is 4. The van der Waals surface area contributed by atoms with Crippen molar-refractivity contribution in [2.75, 3.05) is 35.5 Å². The third kappa shape index (κ3) is 14.8. The number of methoxy groups -OCH3 is 5. The predicted molar refractivity (Wildman–Crippen MR) is 276 cm³/mol. The molecule has 0 spiro atoms. The quantitative estimate of drug-likeness (QED) is 0.0823. The normalized spacial score (nSPS) is 10.3. The zero-order valence-corrected chi connectivity index (χ0v) is 41.1. The molecule has 0 saturated heterocycles. The zero-order chi connectivity index (χ0) is 53.1. The van der Waals surface area contributed by atoms with Gasteiger partial charge in [-0.2, -0.15) is 13.2 Å². The summed E-state index contributed by atoms with van der Waals surface area (Å²) in [7, 11) is 7.68. The van der Waals surface area contributed by atoms with Gasteiger partial charge in [0, 0.05) is 0 Å². The number of ether oxygens (including phenoxy) is 5. The molecule has 0 heterocycles. The van der Waals surface area contributed by atoms with Crippen LogP contribution in [-0.2, 0) is 6.18 Å². The number of aldehydes is 4. The first-order valence-electron chi connectivity index (χ1n) is 22.3. The first-order chi connectivity index (χ1) is 35.1. The van der Waals surface area contributed by atoms with Crippen LogP contribution in [0, 0.1) is 19.7 Å². The molecule has 73 heavy (non-hydrogen) atoms. The molecule has 8 rings (SSSR count). The molecule has 0 radical (unpaired) electrons. The van der Waals surface area contributed by atoms with Crippen molar-refractivity contribution in [1.29, 1.82) is 0 Å². The predicted octanol–water partition coefficient (Wildman–Crippen LogP) is 14.5. The van der Waals surface area contributed by atoms with Gasteiger partial charge in [0.1, 0.15) is 34.6 Å². The molecule has 0 N–H and O–H groups in total. The molecule has 8 aromatic carbocycles. The van der Waals surface area contributed by atoms with Crippen molar-refractivity contribution >= 4 is 25.1 Å². The molecule has 0 aromatic heterocycles. The summed E-state index contributed by atoms with van der Waals surface area (Å²) in [5.41, 5.74) is 10.7. The van der Waals surface area contributed by atoms with Crippen LogP contribution in [-0.4, -0.2) is 60.7 Å². The maximum absolute atomic E-state index is 12.8. The highest BCUT2D eigenvalue weighted by atomic mass is 19.4. The van der Waals surface area contributed by atoms with E-state index in [1.807, 2.05) is 48.5 Å². The van der Waals surface area contributed by atoms with E-state index in [0.29, 0.717) is 62.7 Å². The topological polar surface area (TPSA) is 114 Å². The summed E-state index contributed by atoms with van der Waals surface area (Å²) in [6.45, 7) is 4.19. The lowest BCUT2D eigenvalue weighted by atomic mass is 9.99. The molecule has 0 aliphatic rings. The van der Waals surface area contributed by atoms with Crippen LogP contribution in [0.4, 0.5) is 17.6 Å². The average Bonchev–Trinajstić information content (AvgIpc) is 3.43. The molecule has 0 unspecified atom stereocenters. The van der Waals surface area contributed by atoms with E-state index in [9.17, 15) is 36.7 Å². The second-order valence-corrected chi connectivity index (χ2v) is 15.9. The summed E-state index contributed by atoms with van der Waals surface area (Å²) in [5, 5.41) is 0. The Kier molecular flexibility index (Phi) is 19.9. The first-order valence-corrected chi connectivity index (χ1v) is 22.3. The summed E-state index contributed by atoms with van der Waals surface area (Å²) in [5.74, 6) is 2.55. The number of hydrogen-bond acceptors (Lipinski definition) is 9. The van der Waals surface area contributed by atoms with Crippen molar-refractivity contribution < 1.29 is 60.4 Å². The molecule has 374 valence electrons. The average molecular weight is 993 g/mol. The fourth-order valence-corrected chi connectivity index (χ4v) is 7.19. The maximum Gasteiger partial charge on any atom is 0.416 e. The molecule has 13 heteroatoms. The number of benzene rings is 8. The van der Waals surface area contributed by atoms with Gasteiger partial charge in [0.05, 0.1) is 63.4 Å². The molecule has 8 aromatic rings. The van der Waals surface area contributed by atoms with Crippen molar-refractivity contribution in [2.24, 2.45) is 0 Å². The molecule has 0 fully saturated rings. The van der Waals surface area contributed by atoms with Crippen LogP contribution in [0.1, 0.15) is 58.1 Å². The van der Waals surface area contributed by atoms with E-state index in [2.05, 4.69) is 32.0 Å². The second-order valence-electron chi connectivity index (χ2n) is 15.9. The lowest BCUT2D eigenvalue weighted by molar-refractivity contribution is -0.137. The fourth-order valence-electron chi connectivity index (χ4n) is 7.19. The van der Waals surface area contributed by atoms with Crippen molar-refractivity contribution in [1.82, 2.24) is 0 Å². The standard InChI is InChI=1S/C16H16O2.C15H11F3O2.C15H14O3.C14H11FO2/c1-11-4-5-13(8-12(11)2)14-6-7-15(10-17)16(9-14)18-3;1-20-14-8-11(5-6-12(14)9-19)10-3-2-4-13(7-10)15(16,17)18;1-17-14-5-3-4-11(8-14)12-6-7-13(10-16)15(9-12)18-2;1-17-14-8-11(2-3-12(14)9-16)10-4-6-13(15)7-5-10/h4-10H,1-3H3;2-9H,1H3;3-10H,1-2H3;2-9H,1H3. The van der Waals surface area contributed by atoms with Gasteiger partial charge in [-0.3, -0.25) is 19.2 Å². The highest BCUT2D eigenvalue weighted by Crippen LogP contribution is 2.34. The van der Waals surface area contributed by atoms with E-state index in [4.69, 9.17) is 23.7 Å². The van der Waals surface area contributed by atoms with E-state index >= 15 is 0 Å². The molecule has 0 atom stereocenters. The number of aryl methyl sites for hydroxylation is 2. The monoisotopic (exact) mass is 992 g/mol. The molecular weight excluding hydrogens is 941 g/mol. The van der Waals surface area contributed by atoms with E-state index in [-0.39, 0.29) is 5.82 Å². The Labute approximate surface area is 421 Å². The fraction of sp³-hybridized carbons (Fsp3) is 0.133. The molecule has 0 aliphatic carbocycles. The van der Waals surface area contributed by atoms with E-state index in [0.717, 1.165) is 70.1 Å². The summed E-state index contributed by atoms with van der Waals surface area (Å²) >= 11 is 0. The molecule has 0 aliphatic heterocycles. The van der Waals surface area contributed by atoms with Gasteiger partial charge in [0.25, 0.3) is 0 Å². The van der Waals surface area contributed by atoms with Gasteiger partial charge in [-0.15, -0.1) is 0 Å². The van der Waals surface area contributed by atoms with Crippen LogP contribution >= 0.6 is 0 Å². The van der Waals surface area contributed by atoms with Crippen LogP contribution < -0.4 is 23.7 Å². The molecule has 0 saturated carbocycles. The maximum atomic E-state index is 12.8. The lowest BCUT2D eigenvalue weighted by Crippen LogP contribution is -2.04. The summed E-state index contributed by atoms with van der Waals surface area (Å²) in [6, 6.07) is 46.2. The Balaban J connectivity index is 0.000000181. The third-order valence-electron chi connectivity index (χ3n) is 11.4.